The monoisotopic (exact) mass is 440 g/mol. The number of ether oxygens (including phenoxy) is 1. The van der Waals surface area contributed by atoms with E-state index in [-0.39, 0.29) is 21.6 Å². The Hall–Kier alpha value is -3.49. The maximum atomic E-state index is 13.0. The zero-order chi connectivity index (χ0) is 21.4. The van der Waals surface area contributed by atoms with Gasteiger partial charge >= 0.3 is 0 Å². The van der Waals surface area contributed by atoms with E-state index in [4.69, 9.17) is 33.0 Å². The number of amides is 2. The summed E-state index contributed by atoms with van der Waals surface area (Å²) in [6.07, 6.45) is 2.39. The van der Waals surface area contributed by atoms with Gasteiger partial charge in [-0.3, -0.25) is 24.6 Å². The zero-order valence-electron chi connectivity index (χ0n) is 15.5. The number of carbonyl (C=O) groups excluding carboxylic acids is 2. The lowest BCUT2D eigenvalue weighted by atomic mass is 10.1. The number of anilines is 1. The first-order valence-electron chi connectivity index (χ1n) is 8.65. The number of hydrogen-bond donors (Lipinski definition) is 1. The molecule has 4 rings (SSSR count). The number of nitrogens with one attached hydrogen (secondary N) is 1. The quantitative estimate of drug-likeness (QED) is 0.382. The normalized spacial score (nSPS) is 15.6. The van der Waals surface area contributed by atoms with Crippen LogP contribution in [0.3, 0.4) is 0 Å². The number of carbonyl (C=O) groups is 2. The van der Waals surface area contributed by atoms with E-state index in [2.05, 4.69) is 5.32 Å². The van der Waals surface area contributed by atoms with Crippen LogP contribution in [0.5, 0.6) is 5.75 Å². The molecule has 0 saturated carbocycles. The SMILES string of the molecule is COc1ccc2occ(/C=C3/C(=O)NC(=S)N(c4ccc(Cl)cc4)C3=O)c(=O)c2c1. The summed E-state index contributed by atoms with van der Waals surface area (Å²) in [4.78, 5) is 39.5. The first-order valence-corrected chi connectivity index (χ1v) is 9.44. The minimum absolute atomic E-state index is 0.0399. The minimum Gasteiger partial charge on any atom is -0.497 e. The van der Waals surface area contributed by atoms with Gasteiger partial charge in [0.15, 0.2) is 10.5 Å². The smallest absolute Gasteiger partial charge is 0.270 e. The largest absolute Gasteiger partial charge is 0.497 e. The van der Waals surface area contributed by atoms with Crippen LogP contribution in [0.15, 0.2) is 63.5 Å². The lowest BCUT2D eigenvalue weighted by Gasteiger charge is -2.28. The highest BCUT2D eigenvalue weighted by molar-refractivity contribution is 7.80. The predicted octanol–water partition coefficient (Wildman–Crippen LogP) is 3.29. The molecule has 1 saturated heterocycles. The van der Waals surface area contributed by atoms with E-state index >= 15 is 0 Å². The van der Waals surface area contributed by atoms with Crippen molar-refractivity contribution in [2.45, 2.75) is 0 Å². The van der Waals surface area contributed by atoms with Gasteiger partial charge in [0.05, 0.1) is 23.7 Å². The van der Waals surface area contributed by atoms with Gasteiger partial charge in [-0.15, -0.1) is 0 Å². The molecule has 30 heavy (non-hydrogen) atoms. The van der Waals surface area contributed by atoms with Gasteiger partial charge in [-0.25, -0.2) is 0 Å². The molecule has 2 aromatic carbocycles. The van der Waals surface area contributed by atoms with Crippen LogP contribution in [0.4, 0.5) is 5.69 Å². The molecule has 150 valence electrons. The van der Waals surface area contributed by atoms with E-state index in [1.54, 1.807) is 36.4 Å². The van der Waals surface area contributed by atoms with E-state index in [0.29, 0.717) is 22.0 Å². The molecule has 1 aliphatic rings. The average Bonchev–Trinajstić information content (AvgIpc) is 2.73. The third-order valence-corrected chi connectivity index (χ3v) is 5.03. The van der Waals surface area contributed by atoms with Crippen molar-refractivity contribution in [2.75, 3.05) is 12.0 Å². The van der Waals surface area contributed by atoms with E-state index in [9.17, 15) is 14.4 Å². The highest BCUT2D eigenvalue weighted by Crippen LogP contribution is 2.24. The third-order valence-electron chi connectivity index (χ3n) is 4.49. The van der Waals surface area contributed by atoms with Crippen molar-refractivity contribution in [3.63, 3.8) is 0 Å². The van der Waals surface area contributed by atoms with Gasteiger partial charge in [-0.05, 0) is 60.8 Å². The van der Waals surface area contributed by atoms with Crippen LogP contribution >= 0.6 is 23.8 Å². The van der Waals surface area contributed by atoms with E-state index in [0.717, 1.165) is 4.90 Å². The second kappa shape index (κ2) is 7.74. The minimum atomic E-state index is -0.708. The van der Waals surface area contributed by atoms with Crippen LogP contribution in [0, 0.1) is 0 Å². The fraction of sp³-hybridized carbons (Fsp3) is 0.0476. The molecule has 0 radical (unpaired) electrons. The van der Waals surface area contributed by atoms with Crippen molar-refractivity contribution in [3.05, 3.63) is 75.1 Å². The Balaban J connectivity index is 1.80. The molecule has 1 N–H and O–H groups in total. The summed E-state index contributed by atoms with van der Waals surface area (Å²) in [5.41, 5.74) is 0.155. The van der Waals surface area contributed by atoms with Crippen molar-refractivity contribution in [1.29, 1.82) is 0 Å². The molecular formula is C21H13ClN2O5S. The second-order valence-electron chi connectivity index (χ2n) is 6.32. The van der Waals surface area contributed by atoms with Crippen LogP contribution in [0.1, 0.15) is 5.56 Å². The predicted molar refractivity (Wildman–Crippen MR) is 117 cm³/mol. The Kier molecular flexibility index (Phi) is 5.11. The van der Waals surface area contributed by atoms with Gasteiger partial charge in [-0.2, -0.15) is 0 Å². The molecule has 9 heteroatoms. The van der Waals surface area contributed by atoms with Gasteiger partial charge in [-0.1, -0.05) is 11.6 Å². The highest BCUT2D eigenvalue weighted by atomic mass is 35.5. The molecule has 0 aliphatic carbocycles. The van der Waals surface area contributed by atoms with Crippen molar-refractivity contribution in [1.82, 2.24) is 5.32 Å². The van der Waals surface area contributed by atoms with Crippen LogP contribution in [-0.4, -0.2) is 24.0 Å². The van der Waals surface area contributed by atoms with Crippen LogP contribution in [0.25, 0.3) is 17.0 Å². The molecule has 0 unspecified atom stereocenters. The summed E-state index contributed by atoms with van der Waals surface area (Å²) in [7, 11) is 1.48. The second-order valence-corrected chi connectivity index (χ2v) is 7.14. The van der Waals surface area contributed by atoms with Crippen molar-refractivity contribution in [3.8, 4) is 5.75 Å². The number of nitrogens with zero attached hydrogens (tertiary/aromatic N) is 1. The van der Waals surface area contributed by atoms with Crippen molar-refractivity contribution < 1.29 is 18.7 Å². The Morgan fingerprint density at radius 1 is 1.13 bits per heavy atom. The topological polar surface area (TPSA) is 88.8 Å². The maximum absolute atomic E-state index is 13.0. The molecule has 2 amide bonds. The fourth-order valence-electron chi connectivity index (χ4n) is 2.99. The fourth-order valence-corrected chi connectivity index (χ4v) is 3.40. The van der Waals surface area contributed by atoms with Gasteiger partial charge < -0.3 is 9.15 Å². The molecule has 1 aromatic heterocycles. The number of benzene rings is 2. The molecule has 1 fully saturated rings. The lowest BCUT2D eigenvalue weighted by molar-refractivity contribution is -0.122. The number of rotatable bonds is 3. The molecule has 0 atom stereocenters. The van der Waals surface area contributed by atoms with Crippen molar-refractivity contribution >= 4 is 63.5 Å². The number of fused-ring (bicyclic) bond motifs is 1. The molecule has 0 spiro atoms. The summed E-state index contributed by atoms with van der Waals surface area (Å²) < 4.78 is 10.6. The lowest BCUT2D eigenvalue weighted by Crippen LogP contribution is -2.54. The summed E-state index contributed by atoms with van der Waals surface area (Å²) >= 11 is 11.0. The molecule has 7 nitrogen and oxygen atoms in total. The van der Waals surface area contributed by atoms with E-state index < -0.39 is 17.2 Å². The molecular weight excluding hydrogens is 428 g/mol. The van der Waals surface area contributed by atoms with Gasteiger partial charge in [0.1, 0.15) is 23.2 Å². The summed E-state index contributed by atoms with van der Waals surface area (Å²) in [6, 6.07) is 11.2. The van der Waals surface area contributed by atoms with Crippen molar-refractivity contribution in [2.24, 2.45) is 0 Å². The Labute approximate surface area is 180 Å². The average molecular weight is 441 g/mol. The highest BCUT2D eigenvalue weighted by Gasteiger charge is 2.34. The summed E-state index contributed by atoms with van der Waals surface area (Å²) in [5, 5.41) is 3.14. The number of hydrogen-bond acceptors (Lipinski definition) is 6. The standard InChI is InChI=1S/C21H13ClN2O5S/c1-28-14-6-7-17-15(9-14)18(25)11(10-29-17)8-16-19(26)23-21(30)24(20(16)27)13-4-2-12(22)3-5-13/h2-10H,1H3,(H,23,26,30)/b16-8-. The van der Waals surface area contributed by atoms with Gasteiger partial charge in [0.2, 0.25) is 0 Å². The molecule has 0 bridgehead atoms. The number of halogens is 1. The Bertz CT molecular complexity index is 1300. The maximum Gasteiger partial charge on any atom is 0.270 e. The van der Waals surface area contributed by atoms with Gasteiger partial charge in [0, 0.05) is 5.02 Å². The first-order chi connectivity index (χ1) is 14.4. The third kappa shape index (κ3) is 3.47. The molecule has 3 aromatic rings. The Morgan fingerprint density at radius 2 is 1.87 bits per heavy atom. The Morgan fingerprint density at radius 3 is 2.57 bits per heavy atom. The summed E-state index contributed by atoms with van der Waals surface area (Å²) in [5.74, 6) is -0.901. The van der Waals surface area contributed by atoms with Crippen LogP contribution in [-0.2, 0) is 9.59 Å². The van der Waals surface area contributed by atoms with Crippen LogP contribution < -0.4 is 20.4 Å². The van der Waals surface area contributed by atoms with E-state index in [1.807, 2.05) is 0 Å². The zero-order valence-corrected chi connectivity index (χ0v) is 17.0. The first kappa shape index (κ1) is 19.8. The number of thiocarbonyl (C=S) groups is 1. The number of methoxy groups -OCH3 is 1. The molecule has 2 heterocycles. The van der Waals surface area contributed by atoms with Gasteiger partial charge in [0.25, 0.3) is 11.8 Å². The van der Waals surface area contributed by atoms with Crippen LogP contribution in [0.2, 0.25) is 5.02 Å². The summed E-state index contributed by atoms with van der Waals surface area (Å²) in [6.45, 7) is 0. The van der Waals surface area contributed by atoms with E-state index in [1.165, 1.54) is 25.5 Å². The molecule has 1 aliphatic heterocycles.